The van der Waals surface area contributed by atoms with Gasteiger partial charge in [-0.25, -0.2) is 8.42 Å². The molecule has 170 valence electrons. The Kier molecular flexibility index (Phi) is 24.4. The van der Waals surface area contributed by atoms with Crippen molar-refractivity contribution in [3.63, 3.8) is 0 Å². The Balaban J connectivity index is 0. The summed E-state index contributed by atoms with van der Waals surface area (Å²) in [6.07, 6.45) is 20.2. The summed E-state index contributed by atoms with van der Waals surface area (Å²) in [5, 5.41) is 9.36. The summed E-state index contributed by atoms with van der Waals surface area (Å²) in [5.74, 6) is 0. The first kappa shape index (κ1) is 32.1. The van der Waals surface area contributed by atoms with Crippen molar-refractivity contribution >= 4 is 10.1 Å². The molecule has 0 saturated carbocycles. The first-order valence-electron chi connectivity index (χ1n) is 12.0. The van der Waals surface area contributed by atoms with Crippen LogP contribution in [-0.4, -0.2) is 29.4 Å². The summed E-state index contributed by atoms with van der Waals surface area (Å²) in [5.41, 5.74) is 0. The van der Waals surface area contributed by atoms with Gasteiger partial charge in [-0.15, -0.1) is 0 Å². The van der Waals surface area contributed by atoms with E-state index < -0.39 is 15.4 Å². The molecule has 0 fully saturated rings. The topological polar surface area (TPSA) is 77.4 Å². The van der Waals surface area contributed by atoms with Gasteiger partial charge in [-0.3, -0.25) is 0 Å². The molecule has 0 aromatic rings. The predicted octanol–water partition coefficient (Wildman–Crippen LogP) is 3.72. The molecule has 0 aliphatic rings. The maximum absolute atomic E-state index is 11.2. The second kappa shape index (κ2) is 22.1. The summed E-state index contributed by atoms with van der Waals surface area (Å²) < 4.78 is 33.5. The molecule has 4 nitrogen and oxygen atoms in total. The van der Waals surface area contributed by atoms with Crippen molar-refractivity contribution in [2.75, 3.05) is 0 Å². The first-order chi connectivity index (χ1) is 13.4. The van der Waals surface area contributed by atoms with Crippen molar-refractivity contribution < 1.29 is 47.6 Å². The predicted molar refractivity (Wildman–Crippen MR) is 119 cm³/mol. The second-order valence-electron chi connectivity index (χ2n) is 8.52. The minimum atomic E-state index is -4.15. The van der Waals surface area contributed by atoms with Crippen LogP contribution in [0.15, 0.2) is 0 Å². The summed E-state index contributed by atoms with van der Waals surface area (Å²) >= 11 is 0. The van der Waals surface area contributed by atoms with Gasteiger partial charge >= 0.3 is 29.6 Å². The fourth-order valence-electron chi connectivity index (χ4n) is 3.87. The SMILES string of the molecule is CCCCCCCCCCCCC(O)CCCCCCC(CCC)S(=O)(=O)[O-].[Na+]. The molecule has 0 spiro atoms. The molecule has 0 aromatic carbocycles. The summed E-state index contributed by atoms with van der Waals surface area (Å²) in [4.78, 5) is 0. The van der Waals surface area contributed by atoms with E-state index in [0.29, 0.717) is 12.8 Å². The normalized spacial score (nSPS) is 13.8. The van der Waals surface area contributed by atoms with E-state index in [1.54, 1.807) is 0 Å². The maximum atomic E-state index is 11.2. The van der Waals surface area contributed by atoms with Gasteiger partial charge in [0.15, 0.2) is 0 Å². The van der Waals surface area contributed by atoms with Gasteiger partial charge in [0.05, 0.1) is 16.2 Å². The van der Waals surface area contributed by atoms with Gasteiger partial charge in [-0.2, -0.15) is 0 Å². The molecular weight excluding hydrogens is 395 g/mol. The molecular formula is C23H47NaO4S. The Morgan fingerprint density at radius 2 is 1.00 bits per heavy atom. The van der Waals surface area contributed by atoms with Crippen LogP contribution in [0.5, 0.6) is 0 Å². The van der Waals surface area contributed by atoms with Gasteiger partial charge < -0.3 is 9.66 Å². The third kappa shape index (κ3) is 21.9. The average molecular weight is 443 g/mol. The third-order valence-corrected chi connectivity index (χ3v) is 7.01. The van der Waals surface area contributed by atoms with Crippen LogP contribution in [0.25, 0.3) is 0 Å². The van der Waals surface area contributed by atoms with E-state index in [4.69, 9.17) is 0 Å². The third-order valence-electron chi connectivity index (χ3n) is 5.72. The summed E-state index contributed by atoms with van der Waals surface area (Å²) in [7, 11) is -4.15. The number of rotatable bonds is 21. The molecule has 0 bridgehead atoms. The second-order valence-corrected chi connectivity index (χ2v) is 10.2. The zero-order valence-electron chi connectivity index (χ0n) is 19.7. The molecule has 2 unspecified atom stereocenters. The molecule has 0 amide bonds. The van der Waals surface area contributed by atoms with Gasteiger partial charge in [0, 0.05) is 5.25 Å². The van der Waals surface area contributed by atoms with E-state index in [-0.39, 0.29) is 35.7 Å². The first-order valence-corrected chi connectivity index (χ1v) is 13.5. The minimum absolute atomic E-state index is 0. The van der Waals surface area contributed by atoms with Gasteiger partial charge in [0.2, 0.25) is 0 Å². The van der Waals surface area contributed by atoms with Gasteiger partial charge in [-0.05, 0) is 25.7 Å². The van der Waals surface area contributed by atoms with Crippen molar-refractivity contribution in [2.45, 2.75) is 147 Å². The standard InChI is InChI=1S/C23H48O4S.Na/c1-3-5-6-7-8-9-10-11-12-15-19-22(24)20-16-13-14-17-21-23(18-4-2)28(25,26)27;/h22-24H,3-21H2,1-2H3,(H,25,26,27);/q;+1/p-1. The molecule has 2 atom stereocenters. The van der Waals surface area contributed by atoms with Crippen LogP contribution in [0.2, 0.25) is 0 Å². The van der Waals surface area contributed by atoms with Crippen LogP contribution in [0, 0.1) is 0 Å². The monoisotopic (exact) mass is 442 g/mol. The molecule has 0 rings (SSSR count). The molecule has 0 saturated heterocycles. The van der Waals surface area contributed by atoms with E-state index in [2.05, 4.69) is 6.92 Å². The van der Waals surface area contributed by atoms with E-state index >= 15 is 0 Å². The van der Waals surface area contributed by atoms with Crippen LogP contribution < -0.4 is 29.6 Å². The fraction of sp³-hybridized carbons (Fsp3) is 1.00. The zero-order chi connectivity index (χ0) is 21.1. The quantitative estimate of drug-likeness (QED) is 0.167. The van der Waals surface area contributed by atoms with Crippen LogP contribution in [0.1, 0.15) is 136 Å². The van der Waals surface area contributed by atoms with Crippen LogP contribution in [0.3, 0.4) is 0 Å². The van der Waals surface area contributed by atoms with Crippen molar-refractivity contribution in [2.24, 2.45) is 0 Å². The molecule has 0 aliphatic heterocycles. The Bertz CT molecular complexity index is 429. The maximum Gasteiger partial charge on any atom is 1.00 e. The van der Waals surface area contributed by atoms with Crippen molar-refractivity contribution in [3.8, 4) is 0 Å². The molecule has 0 aliphatic carbocycles. The Hall–Kier alpha value is 0.870. The van der Waals surface area contributed by atoms with Crippen molar-refractivity contribution in [1.29, 1.82) is 0 Å². The molecule has 0 heterocycles. The van der Waals surface area contributed by atoms with E-state index in [0.717, 1.165) is 51.4 Å². The van der Waals surface area contributed by atoms with Crippen LogP contribution >= 0.6 is 0 Å². The molecule has 0 radical (unpaired) electrons. The molecule has 6 heteroatoms. The van der Waals surface area contributed by atoms with Gasteiger partial charge in [0.25, 0.3) is 0 Å². The van der Waals surface area contributed by atoms with Crippen LogP contribution in [0.4, 0.5) is 0 Å². The smallest absolute Gasteiger partial charge is 0.748 e. The largest absolute Gasteiger partial charge is 1.00 e. The molecule has 29 heavy (non-hydrogen) atoms. The van der Waals surface area contributed by atoms with Crippen molar-refractivity contribution in [1.82, 2.24) is 0 Å². The summed E-state index contributed by atoms with van der Waals surface area (Å²) in [6, 6.07) is 0. The molecule has 0 aromatic heterocycles. The minimum Gasteiger partial charge on any atom is -0.748 e. The average Bonchev–Trinajstić information content (AvgIpc) is 2.64. The van der Waals surface area contributed by atoms with Crippen molar-refractivity contribution in [3.05, 3.63) is 0 Å². The van der Waals surface area contributed by atoms with E-state index in [9.17, 15) is 18.1 Å². The Morgan fingerprint density at radius 1 is 0.621 bits per heavy atom. The fourth-order valence-corrected chi connectivity index (χ4v) is 4.85. The Labute approximate surface area is 204 Å². The van der Waals surface area contributed by atoms with Crippen LogP contribution in [-0.2, 0) is 10.1 Å². The summed E-state index contributed by atoms with van der Waals surface area (Å²) in [6.45, 7) is 4.16. The van der Waals surface area contributed by atoms with E-state index in [1.807, 2.05) is 6.92 Å². The van der Waals surface area contributed by atoms with E-state index in [1.165, 1.54) is 57.8 Å². The number of aliphatic hydroxyl groups excluding tert-OH is 1. The Morgan fingerprint density at radius 3 is 1.38 bits per heavy atom. The molecule has 1 N–H and O–H groups in total. The van der Waals surface area contributed by atoms with Gasteiger partial charge in [-0.1, -0.05) is 110 Å². The number of hydrogen-bond acceptors (Lipinski definition) is 4. The van der Waals surface area contributed by atoms with Gasteiger partial charge in [0.1, 0.15) is 0 Å². The number of aliphatic hydroxyl groups is 1. The number of hydrogen-bond donors (Lipinski definition) is 1. The number of unbranched alkanes of at least 4 members (excludes halogenated alkanes) is 12. The zero-order valence-corrected chi connectivity index (χ0v) is 22.5.